The Bertz CT molecular complexity index is 314. The van der Waals surface area contributed by atoms with E-state index in [9.17, 15) is 0 Å². The molecule has 1 aliphatic rings. The monoisotopic (exact) mass is 241 g/mol. The van der Waals surface area contributed by atoms with E-state index >= 15 is 0 Å². The number of benzene rings is 1. The van der Waals surface area contributed by atoms with Crippen LogP contribution >= 0.6 is 15.9 Å². The molecule has 13 heavy (non-hydrogen) atoms. The smallest absolute Gasteiger partial charge is 0.138 e. The average molecular weight is 242 g/mol. The minimum atomic E-state index is 0.416. The number of hydrogen-bond donors (Lipinski definition) is 1. The molecule has 0 saturated heterocycles. The first-order valence-corrected chi connectivity index (χ1v) is 5.20. The minimum Gasteiger partial charge on any atom is -0.490 e. The molecule has 1 atom stereocenters. The molecule has 0 fully saturated rings. The number of hydrogen-bond acceptors (Lipinski definition) is 2. The van der Waals surface area contributed by atoms with Crippen molar-refractivity contribution in [1.29, 1.82) is 0 Å². The Kier molecular flexibility index (Phi) is 2.56. The zero-order chi connectivity index (χ0) is 9.26. The summed E-state index contributed by atoms with van der Waals surface area (Å²) in [6.07, 6.45) is 0. The standard InChI is InChI=1S/C10H12BrNO/c1-7-6-13-10-8(5-12-7)3-2-4-9(10)11/h2-4,7,12H,5-6H2,1H3. The van der Waals surface area contributed by atoms with E-state index in [1.165, 1.54) is 5.56 Å². The van der Waals surface area contributed by atoms with E-state index < -0.39 is 0 Å². The van der Waals surface area contributed by atoms with Crippen molar-refractivity contribution in [3.8, 4) is 5.75 Å². The highest BCUT2D eigenvalue weighted by atomic mass is 79.9. The molecule has 0 amide bonds. The van der Waals surface area contributed by atoms with E-state index in [1.807, 2.05) is 12.1 Å². The maximum Gasteiger partial charge on any atom is 0.138 e. The predicted molar refractivity (Wildman–Crippen MR) is 55.9 cm³/mol. The number of ether oxygens (including phenoxy) is 1. The molecular weight excluding hydrogens is 230 g/mol. The maximum absolute atomic E-state index is 5.68. The van der Waals surface area contributed by atoms with Gasteiger partial charge < -0.3 is 10.1 Å². The van der Waals surface area contributed by atoms with Crippen LogP contribution in [-0.2, 0) is 6.54 Å². The van der Waals surface area contributed by atoms with E-state index in [2.05, 4.69) is 34.2 Å². The molecule has 0 spiro atoms. The summed E-state index contributed by atoms with van der Waals surface area (Å²) in [4.78, 5) is 0. The van der Waals surface area contributed by atoms with Crippen LogP contribution in [0.5, 0.6) is 5.75 Å². The average Bonchev–Trinajstić information content (AvgIpc) is 2.30. The molecule has 1 aromatic carbocycles. The lowest BCUT2D eigenvalue weighted by molar-refractivity contribution is 0.286. The molecule has 3 heteroatoms. The van der Waals surface area contributed by atoms with Gasteiger partial charge in [0.25, 0.3) is 0 Å². The Morgan fingerprint density at radius 1 is 1.54 bits per heavy atom. The van der Waals surface area contributed by atoms with Gasteiger partial charge in [0.05, 0.1) is 4.47 Å². The van der Waals surface area contributed by atoms with Gasteiger partial charge in [0.1, 0.15) is 12.4 Å². The highest BCUT2D eigenvalue weighted by molar-refractivity contribution is 9.10. The summed E-state index contributed by atoms with van der Waals surface area (Å²) in [6, 6.07) is 6.54. The Labute approximate surface area is 86.4 Å². The molecule has 0 radical (unpaired) electrons. The number of para-hydroxylation sites is 1. The zero-order valence-corrected chi connectivity index (χ0v) is 9.10. The van der Waals surface area contributed by atoms with Crippen LogP contribution in [0.2, 0.25) is 0 Å². The summed E-state index contributed by atoms with van der Waals surface area (Å²) in [5, 5.41) is 3.38. The van der Waals surface area contributed by atoms with Gasteiger partial charge in [-0.2, -0.15) is 0 Å². The van der Waals surface area contributed by atoms with E-state index in [0.29, 0.717) is 6.04 Å². The second kappa shape index (κ2) is 3.68. The Hall–Kier alpha value is -0.540. The summed E-state index contributed by atoms with van der Waals surface area (Å²) in [5.41, 5.74) is 1.22. The van der Waals surface area contributed by atoms with Crippen molar-refractivity contribution >= 4 is 15.9 Å². The summed E-state index contributed by atoms with van der Waals surface area (Å²) in [7, 11) is 0. The van der Waals surface area contributed by atoms with Crippen LogP contribution in [0.15, 0.2) is 22.7 Å². The third-order valence-electron chi connectivity index (χ3n) is 2.17. The van der Waals surface area contributed by atoms with Crippen LogP contribution in [0.25, 0.3) is 0 Å². The molecule has 2 rings (SSSR count). The van der Waals surface area contributed by atoms with Gasteiger partial charge in [-0.3, -0.25) is 0 Å². The first-order valence-electron chi connectivity index (χ1n) is 4.41. The van der Waals surface area contributed by atoms with Gasteiger partial charge in [0.2, 0.25) is 0 Å². The molecule has 0 saturated carbocycles. The normalized spacial score (nSPS) is 21.5. The molecule has 0 aromatic heterocycles. The topological polar surface area (TPSA) is 21.3 Å². The molecule has 1 aliphatic heterocycles. The van der Waals surface area contributed by atoms with E-state index in [1.54, 1.807) is 0 Å². The van der Waals surface area contributed by atoms with Gasteiger partial charge in [-0.05, 0) is 28.9 Å². The van der Waals surface area contributed by atoms with Gasteiger partial charge in [-0.15, -0.1) is 0 Å². The first kappa shape index (κ1) is 9.03. The SMILES string of the molecule is CC1COc2c(Br)cccc2CN1. The molecule has 1 heterocycles. The fraction of sp³-hybridized carbons (Fsp3) is 0.400. The second-order valence-electron chi connectivity index (χ2n) is 3.32. The van der Waals surface area contributed by atoms with Gasteiger partial charge in [0, 0.05) is 18.2 Å². The fourth-order valence-corrected chi connectivity index (χ4v) is 1.93. The van der Waals surface area contributed by atoms with Crippen molar-refractivity contribution in [2.45, 2.75) is 19.5 Å². The summed E-state index contributed by atoms with van der Waals surface area (Å²) in [5.74, 6) is 0.986. The number of fused-ring (bicyclic) bond motifs is 1. The van der Waals surface area contributed by atoms with Crippen molar-refractivity contribution in [2.24, 2.45) is 0 Å². The second-order valence-corrected chi connectivity index (χ2v) is 4.18. The summed E-state index contributed by atoms with van der Waals surface area (Å²) in [6.45, 7) is 3.74. The lowest BCUT2D eigenvalue weighted by atomic mass is 10.2. The van der Waals surface area contributed by atoms with Crippen molar-refractivity contribution in [3.63, 3.8) is 0 Å². The summed E-state index contributed by atoms with van der Waals surface area (Å²) >= 11 is 3.48. The van der Waals surface area contributed by atoms with Crippen molar-refractivity contribution in [2.75, 3.05) is 6.61 Å². The van der Waals surface area contributed by atoms with Gasteiger partial charge in [-0.25, -0.2) is 0 Å². The minimum absolute atomic E-state index is 0.416. The van der Waals surface area contributed by atoms with Crippen LogP contribution in [0, 0.1) is 0 Å². The first-order chi connectivity index (χ1) is 6.27. The third-order valence-corrected chi connectivity index (χ3v) is 2.79. The highest BCUT2D eigenvalue weighted by Crippen LogP contribution is 2.30. The van der Waals surface area contributed by atoms with Gasteiger partial charge in [0.15, 0.2) is 0 Å². The maximum atomic E-state index is 5.68. The van der Waals surface area contributed by atoms with E-state index in [4.69, 9.17) is 4.74 Å². The highest BCUT2D eigenvalue weighted by Gasteiger charge is 2.14. The Morgan fingerprint density at radius 2 is 2.38 bits per heavy atom. The predicted octanol–water partition coefficient (Wildman–Crippen LogP) is 2.32. The van der Waals surface area contributed by atoms with E-state index in [-0.39, 0.29) is 0 Å². The third kappa shape index (κ3) is 1.86. The molecule has 1 unspecified atom stereocenters. The van der Waals surface area contributed by atoms with Gasteiger partial charge >= 0.3 is 0 Å². The van der Waals surface area contributed by atoms with Crippen molar-refractivity contribution in [3.05, 3.63) is 28.2 Å². The molecule has 0 bridgehead atoms. The number of halogens is 1. The molecule has 2 nitrogen and oxygen atoms in total. The molecule has 70 valence electrons. The zero-order valence-electron chi connectivity index (χ0n) is 7.51. The van der Waals surface area contributed by atoms with Crippen LogP contribution in [0.3, 0.4) is 0 Å². The van der Waals surface area contributed by atoms with Crippen LogP contribution < -0.4 is 10.1 Å². The van der Waals surface area contributed by atoms with Crippen molar-refractivity contribution in [1.82, 2.24) is 5.32 Å². The quantitative estimate of drug-likeness (QED) is 0.753. The Morgan fingerprint density at radius 3 is 3.23 bits per heavy atom. The molecule has 1 aromatic rings. The Balaban J connectivity index is 2.35. The number of nitrogens with one attached hydrogen (secondary N) is 1. The van der Waals surface area contributed by atoms with Crippen LogP contribution in [0.1, 0.15) is 12.5 Å². The number of rotatable bonds is 0. The lowest BCUT2D eigenvalue weighted by Gasteiger charge is -2.09. The lowest BCUT2D eigenvalue weighted by Crippen LogP contribution is -2.28. The fourth-order valence-electron chi connectivity index (χ4n) is 1.41. The largest absolute Gasteiger partial charge is 0.490 e. The molecular formula is C10H12BrNO. The molecule has 0 aliphatic carbocycles. The van der Waals surface area contributed by atoms with Crippen LogP contribution in [-0.4, -0.2) is 12.6 Å². The summed E-state index contributed by atoms with van der Waals surface area (Å²) < 4.78 is 6.72. The van der Waals surface area contributed by atoms with Crippen LogP contribution in [0.4, 0.5) is 0 Å². The van der Waals surface area contributed by atoms with Gasteiger partial charge in [-0.1, -0.05) is 12.1 Å². The molecule has 1 N–H and O–H groups in total. The van der Waals surface area contributed by atoms with E-state index in [0.717, 1.165) is 23.4 Å². The van der Waals surface area contributed by atoms with Crippen molar-refractivity contribution < 1.29 is 4.74 Å².